The molecule has 1 aliphatic carbocycles. The highest BCUT2D eigenvalue weighted by molar-refractivity contribution is 6.07. The van der Waals surface area contributed by atoms with E-state index in [2.05, 4.69) is 69.3 Å². The van der Waals surface area contributed by atoms with Crippen molar-refractivity contribution in [3.63, 3.8) is 0 Å². The van der Waals surface area contributed by atoms with Gasteiger partial charge < -0.3 is 28.7 Å². The minimum atomic E-state index is -0.0289. The van der Waals surface area contributed by atoms with Gasteiger partial charge >= 0.3 is 0 Å². The Morgan fingerprint density at radius 2 is 1.00 bits per heavy atom. The smallest absolute Gasteiger partial charge is 0.258 e. The molecule has 9 aromatic rings. The lowest BCUT2D eigenvalue weighted by molar-refractivity contribution is -0.123. The number of aromatic nitrogens is 5. The number of anilines is 3. The highest BCUT2D eigenvalue weighted by Gasteiger charge is 2.32. The average Bonchev–Trinajstić information content (AvgIpc) is 4.21. The quantitative estimate of drug-likeness (QED) is 0.156. The second kappa shape index (κ2) is 23.3. The number of rotatable bonds is 7. The predicted octanol–water partition coefficient (Wildman–Crippen LogP) is 12.0. The Labute approximate surface area is 462 Å². The molecule has 6 aromatic carbocycles. The maximum Gasteiger partial charge on any atom is 0.258 e. The molecule has 4 aliphatic rings. The van der Waals surface area contributed by atoms with Crippen LogP contribution in [0.5, 0.6) is 11.5 Å². The highest BCUT2D eigenvalue weighted by Crippen LogP contribution is 2.37. The summed E-state index contributed by atoms with van der Waals surface area (Å²) in [5.74, 6) is 1.97. The summed E-state index contributed by atoms with van der Waals surface area (Å²) in [4.78, 5) is 45.6. The van der Waals surface area contributed by atoms with E-state index in [-0.39, 0.29) is 17.7 Å². The van der Waals surface area contributed by atoms with Crippen molar-refractivity contribution in [2.24, 2.45) is 27.1 Å². The largest absolute Gasteiger partial charge is 0.497 e. The lowest BCUT2D eigenvalue weighted by Gasteiger charge is -2.29. The van der Waals surface area contributed by atoms with Crippen LogP contribution in [0.4, 0.5) is 17.1 Å². The first-order chi connectivity index (χ1) is 38.6. The van der Waals surface area contributed by atoms with Crippen LogP contribution in [0.1, 0.15) is 109 Å². The number of benzene rings is 6. The molecule has 400 valence electrons. The minimum Gasteiger partial charge on any atom is -0.497 e. The van der Waals surface area contributed by atoms with Gasteiger partial charge in [-0.3, -0.25) is 23.7 Å². The Morgan fingerprint density at radius 1 is 0.494 bits per heavy atom. The third-order valence-electron chi connectivity index (χ3n) is 15.9. The van der Waals surface area contributed by atoms with Gasteiger partial charge in [0.25, 0.3) is 11.8 Å². The zero-order chi connectivity index (χ0) is 54.4. The molecule has 79 heavy (non-hydrogen) atoms. The Balaban J connectivity index is 0.000000127. The molecule has 13 heteroatoms. The standard InChI is InChI=1S/C26H23N3O2.C20H19N3O2.C20H24N2O/c1-28-25-15-21-9-5-6-10-24(21)29(17-22(25)16-27-28)26(30)20-11-13-23(14-12-20)31-18-19-7-3-2-4-8-19;1-22-18-10-15-8-9-17(25-2)11-19(15)23(13-16(18)12-21-22)20(24)14-6-4-3-5-7-14;1-21-12-11-17-14-22(20(23)15-7-3-2-4-8-15)18-10-6-5-9-16(18)13-19(17)21/h2-14,16H,15,17-18H2,1H3;3-9,11-12H,10,13H2,1-2H3;5-6,9-12,15H,2-4,7-8,13-14H2,1H3. The van der Waals surface area contributed by atoms with Gasteiger partial charge in [-0.05, 0) is 101 Å². The van der Waals surface area contributed by atoms with E-state index in [9.17, 15) is 14.4 Å². The maximum absolute atomic E-state index is 13.5. The van der Waals surface area contributed by atoms with Gasteiger partial charge in [-0.15, -0.1) is 0 Å². The summed E-state index contributed by atoms with van der Waals surface area (Å²) in [6, 6.07) is 51.4. The van der Waals surface area contributed by atoms with Crippen LogP contribution in [-0.4, -0.2) is 49.0 Å². The first-order valence-electron chi connectivity index (χ1n) is 27.3. The van der Waals surface area contributed by atoms with Crippen molar-refractivity contribution in [2.75, 3.05) is 21.8 Å². The zero-order valence-electron chi connectivity index (χ0n) is 45.4. The molecule has 0 bridgehead atoms. The van der Waals surface area contributed by atoms with Crippen LogP contribution in [0, 0.1) is 5.92 Å². The van der Waals surface area contributed by atoms with Gasteiger partial charge in [0.15, 0.2) is 0 Å². The molecule has 13 rings (SSSR count). The Bertz CT molecular complexity index is 3610. The van der Waals surface area contributed by atoms with Crippen LogP contribution < -0.4 is 24.2 Å². The summed E-state index contributed by atoms with van der Waals surface area (Å²) in [5.41, 5.74) is 15.9. The molecular formula is C66H66N8O5. The second-order valence-corrected chi connectivity index (χ2v) is 20.9. The third kappa shape index (κ3) is 11.3. The fraction of sp³-hybridized carbons (Fsp3) is 0.258. The van der Waals surface area contributed by atoms with Crippen molar-refractivity contribution in [3.05, 3.63) is 243 Å². The molecule has 0 spiro atoms. The van der Waals surface area contributed by atoms with Crippen LogP contribution >= 0.6 is 0 Å². The van der Waals surface area contributed by atoms with E-state index < -0.39 is 0 Å². The van der Waals surface area contributed by atoms with Crippen LogP contribution in [0.2, 0.25) is 0 Å². The molecule has 0 radical (unpaired) electrons. The summed E-state index contributed by atoms with van der Waals surface area (Å²) in [6.07, 6.45) is 14.0. The van der Waals surface area contributed by atoms with E-state index in [0.29, 0.717) is 43.3 Å². The fourth-order valence-electron chi connectivity index (χ4n) is 11.4. The number of hydrogen-bond donors (Lipinski definition) is 0. The Hall–Kier alpha value is -8.97. The monoisotopic (exact) mass is 1050 g/mol. The van der Waals surface area contributed by atoms with Gasteiger partial charge in [0.1, 0.15) is 18.1 Å². The van der Waals surface area contributed by atoms with Gasteiger partial charge in [0.05, 0.1) is 44.8 Å². The van der Waals surface area contributed by atoms with E-state index in [1.807, 2.05) is 167 Å². The topological polar surface area (TPSA) is 120 Å². The fourth-order valence-corrected chi connectivity index (χ4v) is 11.4. The number of carbonyl (C=O) groups excluding carboxylic acids is 3. The van der Waals surface area contributed by atoms with Crippen LogP contribution in [0.15, 0.2) is 176 Å². The molecule has 6 heterocycles. The molecule has 0 atom stereocenters. The van der Waals surface area contributed by atoms with Crippen molar-refractivity contribution >= 4 is 34.8 Å². The first kappa shape index (κ1) is 52.1. The number of amides is 3. The lowest BCUT2D eigenvalue weighted by atomic mass is 9.88. The lowest BCUT2D eigenvalue weighted by Crippen LogP contribution is -2.36. The summed E-state index contributed by atoms with van der Waals surface area (Å²) >= 11 is 0. The van der Waals surface area contributed by atoms with Gasteiger partial charge in [-0.25, -0.2) is 0 Å². The van der Waals surface area contributed by atoms with Crippen molar-refractivity contribution in [3.8, 4) is 11.5 Å². The Morgan fingerprint density at radius 3 is 1.62 bits per heavy atom. The zero-order valence-corrected chi connectivity index (χ0v) is 45.4. The second-order valence-electron chi connectivity index (χ2n) is 20.9. The van der Waals surface area contributed by atoms with Crippen molar-refractivity contribution in [2.45, 2.75) is 77.6 Å². The number of fused-ring (bicyclic) bond motifs is 6. The molecule has 3 aliphatic heterocycles. The van der Waals surface area contributed by atoms with E-state index in [1.165, 1.54) is 36.1 Å². The average molecular weight is 1050 g/mol. The summed E-state index contributed by atoms with van der Waals surface area (Å²) in [6.45, 7) is 2.21. The van der Waals surface area contributed by atoms with Crippen molar-refractivity contribution in [1.29, 1.82) is 0 Å². The SMILES string of the molecule is COc1ccc2c(c1)N(C(=O)c1ccccc1)Cc1cnn(C)c1C2.Cn1ccc2c1Cc1ccccc1N(C(=O)C1CCCCC1)C2.Cn1ncc2c1Cc1ccccc1N(C(=O)c1ccc(OCc3ccccc3)cc1)C2. The normalized spacial score (nSPS) is 14.4. The van der Waals surface area contributed by atoms with Gasteiger partial charge in [0.2, 0.25) is 5.91 Å². The molecule has 3 amide bonds. The van der Waals surface area contributed by atoms with Crippen LogP contribution in [0.25, 0.3) is 0 Å². The summed E-state index contributed by atoms with van der Waals surface area (Å²) in [7, 11) is 7.63. The molecule has 0 saturated heterocycles. The molecule has 0 unspecified atom stereocenters. The van der Waals surface area contributed by atoms with E-state index in [1.54, 1.807) is 7.11 Å². The number of carbonyl (C=O) groups is 3. The summed E-state index contributed by atoms with van der Waals surface area (Å²) in [5, 5.41) is 8.77. The van der Waals surface area contributed by atoms with Crippen LogP contribution in [-0.2, 0) is 71.4 Å². The van der Waals surface area contributed by atoms with Gasteiger partial charge in [0, 0.05) is 109 Å². The van der Waals surface area contributed by atoms with E-state index in [0.717, 1.165) is 99.9 Å². The number of methoxy groups -OCH3 is 1. The van der Waals surface area contributed by atoms with E-state index in [4.69, 9.17) is 9.47 Å². The van der Waals surface area contributed by atoms with Crippen LogP contribution in [0.3, 0.4) is 0 Å². The van der Waals surface area contributed by atoms with Crippen molar-refractivity contribution < 1.29 is 23.9 Å². The number of ether oxygens (including phenoxy) is 2. The molecule has 0 N–H and O–H groups in total. The van der Waals surface area contributed by atoms with E-state index >= 15 is 0 Å². The first-order valence-corrected chi connectivity index (χ1v) is 27.3. The predicted molar refractivity (Wildman–Crippen MR) is 309 cm³/mol. The third-order valence-corrected chi connectivity index (χ3v) is 15.9. The number of hydrogen-bond acceptors (Lipinski definition) is 7. The number of nitrogens with zero attached hydrogens (tertiary/aromatic N) is 8. The van der Waals surface area contributed by atoms with Gasteiger partial charge in [-0.2, -0.15) is 10.2 Å². The molecule has 1 saturated carbocycles. The number of para-hydroxylation sites is 2. The molecule has 3 aromatic heterocycles. The highest BCUT2D eigenvalue weighted by atomic mass is 16.5. The molecule has 1 fully saturated rings. The minimum absolute atomic E-state index is 0.0215. The molecule has 13 nitrogen and oxygen atoms in total. The maximum atomic E-state index is 13.5. The molecular weight excluding hydrogens is 985 g/mol. The number of aryl methyl sites for hydroxylation is 3. The van der Waals surface area contributed by atoms with Crippen molar-refractivity contribution in [1.82, 2.24) is 24.1 Å². The Kier molecular flexibility index (Phi) is 15.4. The summed E-state index contributed by atoms with van der Waals surface area (Å²) < 4.78 is 17.2. The van der Waals surface area contributed by atoms with Gasteiger partial charge in [-0.1, -0.05) is 110 Å².